The van der Waals surface area contributed by atoms with Crippen LogP contribution in [0.15, 0.2) is 24.3 Å². The minimum Gasteiger partial charge on any atom is -0.469 e. The number of methoxy groups -OCH3 is 1. The van der Waals surface area contributed by atoms with Crippen LogP contribution in [0.2, 0.25) is 0 Å². The Balaban J connectivity index is 3.94. The summed E-state index contributed by atoms with van der Waals surface area (Å²) in [5, 5.41) is 0.266. The quantitative estimate of drug-likeness (QED) is 0.0305. The molecular formula is C38H70N2O4S. The molecule has 7 heteroatoms. The van der Waals surface area contributed by atoms with Crippen LogP contribution in [0.4, 0.5) is 4.79 Å². The average molecular weight is 651 g/mol. The van der Waals surface area contributed by atoms with Gasteiger partial charge in [-0.05, 0) is 91.1 Å². The number of esters is 1. The zero-order valence-electron chi connectivity index (χ0n) is 29.6. The Hall–Kier alpha value is -1.60. The van der Waals surface area contributed by atoms with Gasteiger partial charge in [0.25, 0.3) is 5.24 Å². The molecule has 0 saturated carbocycles. The maximum atomic E-state index is 12.9. The molecular weight excluding hydrogens is 580 g/mol. The van der Waals surface area contributed by atoms with E-state index in [2.05, 4.69) is 52.9 Å². The van der Waals surface area contributed by atoms with Gasteiger partial charge in [0.05, 0.1) is 7.11 Å². The summed E-state index contributed by atoms with van der Waals surface area (Å²) in [7, 11) is 5.58. The van der Waals surface area contributed by atoms with E-state index in [9.17, 15) is 14.4 Å². The van der Waals surface area contributed by atoms with E-state index in [1.807, 2.05) is 0 Å². The first-order valence-corrected chi connectivity index (χ1v) is 19.4. The molecule has 0 aromatic rings. The predicted octanol–water partition coefficient (Wildman–Crippen LogP) is 10.5. The first kappa shape index (κ1) is 43.4. The van der Waals surface area contributed by atoms with E-state index in [-0.39, 0.29) is 11.2 Å². The molecule has 0 N–H and O–H groups in total. The van der Waals surface area contributed by atoms with Crippen molar-refractivity contribution in [3.8, 4) is 0 Å². The van der Waals surface area contributed by atoms with Crippen molar-refractivity contribution >= 4 is 29.3 Å². The first-order chi connectivity index (χ1) is 22.0. The lowest BCUT2D eigenvalue weighted by molar-refractivity contribution is -0.140. The molecule has 1 amide bonds. The van der Waals surface area contributed by atoms with Crippen LogP contribution in [0, 0.1) is 0 Å². The van der Waals surface area contributed by atoms with Crippen LogP contribution in [0.3, 0.4) is 0 Å². The number of thioether (sulfide) groups is 1. The Morgan fingerprint density at radius 1 is 0.556 bits per heavy atom. The highest BCUT2D eigenvalue weighted by Gasteiger charge is 2.13. The lowest BCUT2D eigenvalue weighted by atomic mass is 10.1. The van der Waals surface area contributed by atoms with Gasteiger partial charge in [-0.25, -0.2) is 0 Å². The highest BCUT2D eigenvalue weighted by molar-refractivity contribution is 8.13. The zero-order valence-corrected chi connectivity index (χ0v) is 30.4. The zero-order chi connectivity index (χ0) is 33.1. The number of unbranched alkanes of at least 4 members (excludes halogenated alkanes) is 19. The maximum absolute atomic E-state index is 12.9. The van der Waals surface area contributed by atoms with Crippen molar-refractivity contribution in [2.45, 2.75) is 154 Å². The fourth-order valence-electron chi connectivity index (χ4n) is 5.19. The highest BCUT2D eigenvalue weighted by Crippen LogP contribution is 2.15. The third kappa shape index (κ3) is 33.6. The third-order valence-corrected chi connectivity index (χ3v) is 9.02. The Labute approximate surface area is 282 Å². The van der Waals surface area contributed by atoms with Gasteiger partial charge in [-0.3, -0.25) is 9.59 Å². The van der Waals surface area contributed by atoms with E-state index in [0.29, 0.717) is 12.8 Å². The van der Waals surface area contributed by atoms with Gasteiger partial charge in [-0.2, -0.15) is 0 Å². The van der Waals surface area contributed by atoms with Gasteiger partial charge in [-0.15, -0.1) is 0 Å². The lowest BCUT2D eigenvalue weighted by Gasteiger charge is -2.22. The van der Waals surface area contributed by atoms with E-state index in [1.165, 1.54) is 95.9 Å². The van der Waals surface area contributed by atoms with E-state index >= 15 is 0 Å². The molecule has 6 nitrogen and oxygen atoms in total. The fraction of sp³-hybridized carbons (Fsp3) is 0.816. The Morgan fingerprint density at radius 2 is 0.956 bits per heavy atom. The Kier molecular flexibility index (Phi) is 34.0. The van der Waals surface area contributed by atoms with Crippen molar-refractivity contribution in [3.63, 3.8) is 0 Å². The molecule has 0 radical (unpaired) electrons. The van der Waals surface area contributed by atoms with E-state index in [4.69, 9.17) is 0 Å². The van der Waals surface area contributed by atoms with Crippen molar-refractivity contribution in [2.75, 3.05) is 46.6 Å². The van der Waals surface area contributed by atoms with Crippen LogP contribution in [0.1, 0.15) is 154 Å². The summed E-state index contributed by atoms with van der Waals surface area (Å²) in [6, 6.07) is 0. The van der Waals surface area contributed by atoms with Crippen LogP contribution < -0.4 is 0 Å². The molecule has 0 bridgehead atoms. The molecule has 45 heavy (non-hydrogen) atoms. The van der Waals surface area contributed by atoms with Crippen molar-refractivity contribution in [1.82, 2.24) is 9.80 Å². The lowest BCUT2D eigenvalue weighted by Crippen LogP contribution is -2.30. The molecule has 0 aliphatic rings. The van der Waals surface area contributed by atoms with Gasteiger partial charge < -0.3 is 19.3 Å². The molecule has 0 aliphatic heterocycles. The molecule has 0 rings (SSSR count). The van der Waals surface area contributed by atoms with Crippen LogP contribution in [0.25, 0.3) is 0 Å². The summed E-state index contributed by atoms with van der Waals surface area (Å²) in [4.78, 5) is 38.6. The number of amides is 1. The molecule has 0 unspecified atom stereocenters. The highest BCUT2D eigenvalue weighted by atomic mass is 32.2. The number of aldehydes is 1. The topological polar surface area (TPSA) is 66.9 Å². The Morgan fingerprint density at radius 3 is 1.40 bits per heavy atom. The van der Waals surface area contributed by atoms with Gasteiger partial charge in [0.15, 0.2) is 0 Å². The summed E-state index contributed by atoms with van der Waals surface area (Å²) in [6.45, 7) is 2.74. The number of carbonyl (C=O) groups excluding carboxylic acids is 3. The molecule has 0 aromatic heterocycles. The van der Waals surface area contributed by atoms with Crippen molar-refractivity contribution in [1.29, 1.82) is 0 Å². The monoisotopic (exact) mass is 651 g/mol. The molecule has 0 spiro atoms. The van der Waals surface area contributed by atoms with Gasteiger partial charge in [-0.1, -0.05) is 100 Å². The summed E-state index contributed by atoms with van der Waals surface area (Å²) in [5.41, 5.74) is 0. The maximum Gasteiger partial charge on any atom is 0.305 e. The normalized spacial score (nSPS) is 11.6. The second kappa shape index (κ2) is 35.3. The van der Waals surface area contributed by atoms with E-state index in [0.717, 1.165) is 95.9 Å². The molecule has 0 atom stereocenters. The predicted molar refractivity (Wildman–Crippen MR) is 195 cm³/mol. The van der Waals surface area contributed by atoms with E-state index < -0.39 is 0 Å². The number of hydrogen-bond donors (Lipinski definition) is 0. The summed E-state index contributed by atoms with van der Waals surface area (Å²) >= 11 is 1.49. The van der Waals surface area contributed by atoms with Crippen LogP contribution in [0.5, 0.6) is 0 Å². The summed E-state index contributed by atoms with van der Waals surface area (Å²) in [6.07, 6.45) is 37.5. The number of allylic oxidation sites excluding steroid dienone is 4. The number of rotatable bonds is 33. The molecule has 0 heterocycles. The summed E-state index contributed by atoms with van der Waals surface area (Å²) < 4.78 is 4.67. The van der Waals surface area contributed by atoms with Crippen molar-refractivity contribution < 1.29 is 19.1 Å². The smallest absolute Gasteiger partial charge is 0.305 e. The number of hydrogen-bond acceptors (Lipinski definition) is 6. The molecule has 0 saturated heterocycles. The standard InChI is InChI=1S/C38H70N2O4S/c1-39(2)34-36-45-38(43)40(32-28-24-20-16-12-8-4-5-10-14-18-22-26-30-35-41)33-29-25-21-17-13-9-6-7-11-15-19-23-27-31-37(42)44-3/h5,7,10-11,35H,4,6,8-9,12-34,36H2,1-3H3/b10-5-,11-7-. The second-order valence-corrected chi connectivity index (χ2v) is 13.7. The largest absolute Gasteiger partial charge is 0.469 e. The number of carbonyl (C=O) groups is 3. The Bertz CT molecular complexity index is 741. The van der Waals surface area contributed by atoms with Gasteiger partial charge in [0.1, 0.15) is 6.29 Å². The molecule has 0 fully saturated rings. The van der Waals surface area contributed by atoms with Crippen LogP contribution >= 0.6 is 11.8 Å². The van der Waals surface area contributed by atoms with Crippen LogP contribution in [-0.4, -0.2) is 73.9 Å². The van der Waals surface area contributed by atoms with Gasteiger partial charge in [0, 0.05) is 38.2 Å². The van der Waals surface area contributed by atoms with Crippen molar-refractivity contribution in [3.05, 3.63) is 24.3 Å². The number of nitrogens with zero attached hydrogens (tertiary/aromatic N) is 2. The first-order valence-electron chi connectivity index (χ1n) is 18.4. The van der Waals surface area contributed by atoms with E-state index in [1.54, 1.807) is 0 Å². The summed E-state index contributed by atoms with van der Waals surface area (Å²) in [5.74, 6) is 0.760. The molecule has 0 aliphatic carbocycles. The second-order valence-electron chi connectivity index (χ2n) is 12.6. The average Bonchev–Trinajstić information content (AvgIpc) is 3.03. The fourth-order valence-corrected chi connectivity index (χ4v) is 6.19. The molecule has 0 aromatic carbocycles. The van der Waals surface area contributed by atoms with Crippen LogP contribution in [-0.2, 0) is 14.3 Å². The number of ether oxygens (including phenoxy) is 1. The van der Waals surface area contributed by atoms with Gasteiger partial charge in [0.2, 0.25) is 0 Å². The minimum absolute atomic E-state index is 0.102. The molecule has 262 valence electrons. The minimum atomic E-state index is -0.102. The van der Waals surface area contributed by atoms with Gasteiger partial charge >= 0.3 is 5.97 Å². The van der Waals surface area contributed by atoms with Crippen molar-refractivity contribution in [2.24, 2.45) is 0 Å². The third-order valence-electron chi connectivity index (χ3n) is 8.13. The SMILES string of the molecule is COC(=O)CCCCC/C=C\CCCCCCCCN(CCCCCCCC/C=C\CCCCCC=O)C(=O)SCCN(C)C.